The summed E-state index contributed by atoms with van der Waals surface area (Å²) in [6.45, 7) is 0.109. The Hall–Kier alpha value is -4.15. The summed E-state index contributed by atoms with van der Waals surface area (Å²) in [6.07, 6.45) is 1.06. The molecule has 10 heteroatoms. The van der Waals surface area contributed by atoms with Crippen molar-refractivity contribution >= 4 is 23.3 Å². The van der Waals surface area contributed by atoms with E-state index in [1.165, 1.54) is 0 Å². The number of aliphatic hydroxyl groups excluding tert-OH is 1. The number of methoxy groups -OCH3 is 1. The van der Waals surface area contributed by atoms with Gasteiger partial charge in [-0.05, 0) is 61.0 Å². The van der Waals surface area contributed by atoms with Crippen LogP contribution in [0.3, 0.4) is 0 Å². The Bertz CT molecular complexity index is 1270. The molecular weight excluding hydrogens is 488 g/mol. The number of rotatable bonds is 8. The number of aromatic nitrogens is 1. The molecule has 2 aromatic carbocycles. The zero-order valence-corrected chi connectivity index (χ0v) is 20.9. The average Bonchev–Trinajstić information content (AvgIpc) is 3.30. The van der Waals surface area contributed by atoms with Crippen LogP contribution in [0.1, 0.15) is 30.0 Å². The van der Waals surface area contributed by atoms with E-state index < -0.39 is 6.10 Å². The van der Waals surface area contributed by atoms with Gasteiger partial charge in [0.2, 0.25) is 5.91 Å². The summed E-state index contributed by atoms with van der Waals surface area (Å²) in [5.41, 5.74) is 2.92. The van der Waals surface area contributed by atoms with E-state index in [0.29, 0.717) is 35.8 Å². The molecule has 0 spiro atoms. The van der Waals surface area contributed by atoms with Crippen molar-refractivity contribution in [3.63, 3.8) is 0 Å². The number of carbonyl (C=O) groups is 2. The van der Waals surface area contributed by atoms with Crippen molar-refractivity contribution in [1.29, 1.82) is 0 Å². The number of fused-ring (bicyclic) bond motifs is 3. The molecule has 1 fully saturated rings. The lowest BCUT2D eigenvalue weighted by atomic mass is 9.84. The molecule has 0 radical (unpaired) electrons. The van der Waals surface area contributed by atoms with E-state index in [2.05, 4.69) is 20.9 Å². The predicted molar refractivity (Wildman–Crippen MR) is 140 cm³/mol. The largest absolute Gasteiger partial charge is 0.497 e. The smallest absolute Gasteiger partial charge is 0.323 e. The molecule has 1 saturated heterocycles. The first-order chi connectivity index (χ1) is 18.5. The van der Waals surface area contributed by atoms with E-state index in [4.69, 9.17) is 14.2 Å². The number of hydrogen-bond acceptors (Lipinski definition) is 7. The minimum absolute atomic E-state index is 0.0871. The third-order valence-electron chi connectivity index (χ3n) is 6.71. The zero-order chi connectivity index (χ0) is 26.5. The quantitative estimate of drug-likeness (QED) is 0.359. The molecule has 2 aliphatic rings. The number of benzene rings is 2. The van der Waals surface area contributed by atoms with Gasteiger partial charge in [0.05, 0.1) is 38.5 Å². The molecule has 198 valence electrons. The molecule has 2 aliphatic heterocycles. The SMILES string of the molecule is COc1ccc(NC(=O)Nc2ccc3c(c2)[C@H]2C[C@@H](CC(=O)NCc4ccccn4)O[C@@H](CO)[C@H]2O3)cc1. The maximum atomic E-state index is 12.6. The Morgan fingerprint density at radius 1 is 1.08 bits per heavy atom. The van der Waals surface area contributed by atoms with Gasteiger partial charge >= 0.3 is 6.03 Å². The number of carbonyl (C=O) groups excluding carboxylic acids is 2. The third-order valence-corrected chi connectivity index (χ3v) is 6.71. The highest BCUT2D eigenvalue weighted by Crippen LogP contribution is 2.47. The van der Waals surface area contributed by atoms with Crippen LogP contribution in [-0.4, -0.2) is 54.1 Å². The third kappa shape index (κ3) is 5.87. The normalized spacial score (nSPS) is 21.4. The molecule has 3 aromatic rings. The molecule has 3 amide bonds. The van der Waals surface area contributed by atoms with Crippen molar-refractivity contribution in [3.8, 4) is 11.5 Å². The van der Waals surface area contributed by atoms with Crippen LogP contribution in [-0.2, 0) is 16.1 Å². The highest BCUT2D eigenvalue weighted by atomic mass is 16.6. The summed E-state index contributed by atoms with van der Waals surface area (Å²) in [6, 6.07) is 17.6. The standard InChI is InChI=1S/C28H30N4O6/c1-36-20-8-5-17(6-9-20)31-28(35)32-18-7-10-24-22(12-18)23-13-21(37-25(16-33)27(23)38-24)14-26(34)30-15-19-4-2-3-11-29-19/h2-12,21,23,25,27,33H,13-16H2,1H3,(H,30,34)(H2,31,32,35)/t21-,23+,25-,27-/m0/s1. The van der Waals surface area contributed by atoms with Crippen LogP contribution in [0.25, 0.3) is 0 Å². The molecule has 5 rings (SSSR count). The van der Waals surface area contributed by atoms with Crippen molar-refractivity contribution in [2.45, 2.75) is 43.6 Å². The second kappa shape index (κ2) is 11.5. The van der Waals surface area contributed by atoms with Gasteiger partial charge in [0.15, 0.2) is 0 Å². The number of urea groups is 1. The lowest BCUT2D eigenvalue weighted by molar-refractivity contribution is -0.142. The molecule has 4 atom stereocenters. The van der Waals surface area contributed by atoms with Crippen LogP contribution in [0.15, 0.2) is 66.9 Å². The Morgan fingerprint density at radius 3 is 2.61 bits per heavy atom. The Kier molecular flexibility index (Phi) is 7.71. The van der Waals surface area contributed by atoms with E-state index in [1.807, 2.05) is 24.3 Å². The second-order valence-corrected chi connectivity index (χ2v) is 9.27. The molecule has 0 aliphatic carbocycles. The molecule has 4 N–H and O–H groups in total. The first-order valence-electron chi connectivity index (χ1n) is 12.5. The van der Waals surface area contributed by atoms with Gasteiger partial charge in [-0.1, -0.05) is 6.07 Å². The highest BCUT2D eigenvalue weighted by Gasteiger charge is 2.46. The van der Waals surface area contributed by atoms with Gasteiger partial charge < -0.3 is 35.3 Å². The van der Waals surface area contributed by atoms with E-state index in [9.17, 15) is 14.7 Å². The summed E-state index contributed by atoms with van der Waals surface area (Å²) < 4.78 is 17.3. The van der Waals surface area contributed by atoms with Crippen molar-refractivity contribution in [2.75, 3.05) is 24.4 Å². The van der Waals surface area contributed by atoms with Gasteiger partial charge in [0, 0.05) is 29.1 Å². The number of ether oxygens (including phenoxy) is 3. The van der Waals surface area contributed by atoms with Crippen LogP contribution < -0.4 is 25.4 Å². The minimum atomic E-state index is -0.565. The van der Waals surface area contributed by atoms with E-state index in [1.54, 1.807) is 49.7 Å². The number of amides is 3. The first-order valence-corrected chi connectivity index (χ1v) is 12.5. The number of nitrogens with zero attached hydrogens (tertiary/aromatic N) is 1. The van der Waals surface area contributed by atoms with E-state index in [0.717, 1.165) is 11.3 Å². The maximum Gasteiger partial charge on any atom is 0.323 e. The molecule has 0 unspecified atom stereocenters. The minimum Gasteiger partial charge on any atom is -0.497 e. The number of nitrogens with one attached hydrogen (secondary N) is 3. The Labute approximate surface area is 220 Å². The fraction of sp³-hybridized carbons (Fsp3) is 0.321. The average molecular weight is 519 g/mol. The molecule has 0 bridgehead atoms. The van der Waals surface area contributed by atoms with Gasteiger partial charge in [0.25, 0.3) is 0 Å². The summed E-state index contributed by atoms with van der Waals surface area (Å²) in [5.74, 6) is 1.14. The first kappa shape index (κ1) is 25.5. The molecule has 1 aromatic heterocycles. The highest BCUT2D eigenvalue weighted by molar-refractivity contribution is 5.99. The van der Waals surface area contributed by atoms with E-state index >= 15 is 0 Å². The van der Waals surface area contributed by atoms with Crippen LogP contribution >= 0.6 is 0 Å². The van der Waals surface area contributed by atoms with E-state index in [-0.39, 0.29) is 43.1 Å². The lowest BCUT2D eigenvalue weighted by Crippen LogP contribution is -2.47. The lowest BCUT2D eigenvalue weighted by Gasteiger charge is -2.37. The fourth-order valence-electron chi connectivity index (χ4n) is 4.91. The molecule has 0 saturated carbocycles. The second-order valence-electron chi connectivity index (χ2n) is 9.27. The van der Waals surface area contributed by atoms with Gasteiger partial charge in [0.1, 0.15) is 23.7 Å². The van der Waals surface area contributed by atoms with Crippen molar-refractivity contribution < 1.29 is 28.9 Å². The number of anilines is 2. The number of aliphatic hydroxyl groups is 1. The van der Waals surface area contributed by atoms with Crippen LogP contribution in [0, 0.1) is 0 Å². The van der Waals surface area contributed by atoms with Crippen molar-refractivity contribution in [1.82, 2.24) is 10.3 Å². The predicted octanol–water partition coefficient (Wildman–Crippen LogP) is 3.44. The topological polar surface area (TPSA) is 131 Å². The summed E-state index contributed by atoms with van der Waals surface area (Å²) in [5, 5.41) is 18.5. The van der Waals surface area contributed by atoms with Gasteiger partial charge in [-0.15, -0.1) is 0 Å². The summed E-state index contributed by atoms with van der Waals surface area (Å²) in [7, 11) is 1.58. The molecular formula is C28H30N4O6. The van der Waals surface area contributed by atoms with Gasteiger partial charge in [-0.25, -0.2) is 4.79 Å². The van der Waals surface area contributed by atoms with Gasteiger partial charge in [-0.3, -0.25) is 9.78 Å². The number of pyridine rings is 1. The molecule has 10 nitrogen and oxygen atoms in total. The summed E-state index contributed by atoms with van der Waals surface area (Å²) >= 11 is 0. The van der Waals surface area contributed by atoms with Crippen LogP contribution in [0.2, 0.25) is 0 Å². The van der Waals surface area contributed by atoms with Crippen LogP contribution in [0.4, 0.5) is 16.2 Å². The maximum absolute atomic E-state index is 12.6. The zero-order valence-electron chi connectivity index (χ0n) is 20.9. The monoisotopic (exact) mass is 518 g/mol. The molecule has 3 heterocycles. The number of hydrogen-bond donors (Lipinski definition) is 4. The van der Waals surface area contributed by atoms with Crippen LogP contribution in [0.5, 0.6) is 11.5 Å². The van der Waals surface area contributed by atoms with Crippen molar-refractivity contribution in [2.24, 2.45) is 0 Å². The molecule has 38 heavy (non-hydrogen) atoms. The fourth-order valence-corrected chi connectivity index (χ4v) is 4.91. The van der Waals surface area contributed by atoms with Gasteiger partial charge in [-0.2, -0.15) is 0 Å². The van der Waals surface area contributed by atoms with Crippen molar-refractivity contribution in [3.05, 3.63) is 78.1 Å². The Balaban J connectivity index is 1.22. The summed E-state index contributed by atoms with van der Waals surface area (Å²) in [4.78, 5) is 29.4. The Morgan fingerprint density at radius 2 is 1.87 bits per heavy atom.